The molecule has 0 fully saturated rings. The average Bonchev–Trinajstić information content (AvgIpc) is 2.95. The van der Waals surface area contributed by atoms with E-state index >= 15 is 0 Å². The molecule has 3 rings (SSSR count). The van der Waals surface area contributed by atoms with Crippen molar-refractivity contribution in [1.29, 1.82) is 0 Å². The highest BCUT2D eigenvalue weighted by Crippen LogP contribution is 2.27. The zero-order chi connectivity index (χ0) is 17.1. The third kappa shape index (κ3) is 3.32. The van der Waals surface area contributed by atoms with Crippen molar-refractivity contribution in [3.05, 3.63) is 46.8 Å². The lowest BCUT2D eigenvalue weighted by atomic mass is 9.95. The average molecular weight is 327 g/mol. The maximum atomic E-state index is 12.4. The van der Waals surface area contributed by atoms with Crippen LogP contribution in [0.15, 0.2) is 24.3 Å². The fourth-order valence-electron chi connectivity index (χ4n) is 3.05. The van der Waals surface area contributed by atoms with Gasteiger partial charge in [-0.3, -0.25) is 9.59 Å². The third-order valence-electron chi connectivity index (χ3n) is 4.30. The Morgan fingerprint density at radius 1 is 1.21 bits per heavy atom. The van der Waals surface area contributed by atoms with Gasteiger partial charge < -0.3 is 10.4 Å². The number of hydrogen-bond acceptors (Lipinski definition) is 3. The van der Waals surface area contributed by atoms with Gasteiger partial charge in [-0.05, 0) is 44.7 Å². The Balaban J connectivity index is 1.91. The second-order valence-corrected chi connectivity index (χ2v) is 6.13. The van der Waals surface area contributed by atoms with Crippen molar-refractivity contribution in [3.8, 4) is 5.69 Å². The lowest BCUT2D eigenvalue weighted by Crippen LogP contribution is -2.27. The lowest BCUT2D eigenvalue weighted by Gasteiger charge is -2.14. The Kier molecular flexibility index (Phi) is 4.64. The Labute approximate surface area is 140 Å². The molecule has 6 heteroatoms. The summed E-state index contributed by atoms with van der Waals surface area (Å²) < 4.78 is 1.86. The van der Waals surface area contributed by atoms with Crippen molar-refractivity contribution in [2.75, 3.05) is 6.54 Å². The van der Waals surface area contributed by atoms with E-state index in [0.29, 0.717) is 5.69 Å². The van der Waals surface area contributed by atoms with Crippen LogP contribution in [0.5, 0.6) is 0 Å². The second-order valence-electron chi connectivity index (χ2n) is 6.13. The molecule has 2 aromatic rings. The van der Waals surface area contributed by atoms with Crippen molar-refractivity contribution in [3.63, 3.8) is 0 Å². The summed E-state index contributed by atoms with van der Waals surface area (Å²) in [5.41, 5.74) is 4.63. The van der Waals surface area contributed by atoms with Gasteiger partial charge >= 0.3 is 5.97 Å². The molecule has 0 spiro atoms. The van der Waals surface area contributed by atoms with E-state index in [9.17, 15) is 9.59 Å². The van der Waals surface area contributed by atoms with Gasteiger partial charge in [0.1, 0.15) is 0 Å². The standard InChI is InChI=1S/C18H21N3O3/c1-12-6-8-13(9-7-12)21-15-5-3-2-4-14(15)17(20-21)18(24)19-11-10-16(22)23/h6-9H,2-5,10-11H2,1H3,(H,19,24)(H,22,23). The van der Waals surface area contributed by atoms with Crippen LogP contribution < -0.4 is 5.32 Å². The molecule has 6 nitrogen and oxygen atoms in total. The number of rotatable bonds is 5. The molecule has 24 heavy (non-hydrogen) atoms. The molecule has 0 saturated carbocycles. The molecular formula is C18H21N3O3. The van der Waals surface area contributed by atoms with E-state index < -0.39 is 5.97 Å². The summed E-state index contributed by atoms with van der Waals surface area (Å²) in [6.45, 7) is 2.14. The minimum Gasteiger partial charge on any atom is -0.481 e. The molecule has 1 heterocycles. The molecule has 1 aliphatic rings. The van der Waals surface area contributed by atoms with Crippen LogP contribution in [-0.4, -0.2) is 33.3 Å². The maximum Gasteiger partial charge on any atom is 0.305 e. The number of fused-ring (bicyclic) bond motifs is 1. The smallest absolute Gasteiger partial charge is 0.305 e. The molecule has 1 aromatic carbocycles. The SMILES string of the molecule is Cc1ccc(-n2nc(C(=O)NCCC(=O)O)c3c2CCCC3)cc1. The molecule has 2 N–H and O–H groups in total. The minimum atomic E-state index is -0.928. The number of hydrogen-bond donors (Lipinski definition) is 2. The number of carbonyl (C=O) groups excluding carboxylic acids is 1. The first-order chi connectivity index (χ1) is 11.6. The molecule has 0 bridgehead atoms. The second kappa shape index (κ2) is 6.86. The minimum absolute atomic E-state index is 0.0907. The molecular weight excluding hydrogens is 306 g/mol. The monoisotopic (exact) mass is 327 g/mol. The number of aryl methyl sites for hydroxylation is 1. The highest BCUT2D eigenvalue weighted by molar-refractivity contribution is 5.94. The van der Waals surface area contributed by atoms with Gasteiger partial charge in [-0.15, -0.1) is 0 Å². The van der Waals surface area contributed by atoms with Crippen molar-refractivity contribution in [2.45, 2.75) is 39.0 Å². The first kappa shape index (κ1) is 16.2. The van der Waals surface area contributed by atoms with E-state index in [-0.39, 0.29) is 18.9 Å². The van der Waals surface area contributed by atoms with Crippen LogP contribution in [0, 0.1) is 6.92 Å². The van der Waals surface area contributed by atoms with E-state index in [4.69, 9.17) is 5.11 Å². The molecule has 0 aliphatic heterocycles. The summed E-state index contributed by atoms with van der Waals surface area (Å²) in [5.74, 6) is -1.22. The van der Waals surface area contributed by atoms with Crippen LogP contribution in [-0.2, 0) is 17.6 Å². The number of carboxylic acids is 1. The van der Waals surface area contributed by atoms with Crippen LogP contribution in [0.4, 0.5) is 0 Å². The van der Waals surface area contributed by atoms with Crippen LogP contribution in [0.25, 0.3) is 5.69 Å². The highest BCUT2D eigenvalue weighted by Gasteiger charge is 2.25. The van der Waals surface area contributed by atoms with Gasteiger partial charge in [0.25, 0.3) is 5.91 Å². The molecule has 0 radical (unpaired) electrons. The van der Waals surface area contributed by atoms with Gasteiger partial charge in [0.15, 0.2) is 5.69 Å². The van der Waals surface area contributed by atoms with Gasteiger partial charge in [0.2, 0.25) is 0 Å². The molecule has 126 valence electrons. The Morgan fingerprint density at radius 2 is 1.92 bits per heavy atom. The van der Waals surface area contributed by atoms with Gasteiger partial charge in [0, 0.05) is 17.8 Å². The number of aromatic nitrogens is 2. The number of amides is 1. The molecule has 1 aromatic heterocycles. The van der Waals surface area contributed by atoms with Gasteiger partial charge in [-0.2, -0.15) is 5.10 Å². The zero-order valence-electron chi connectivity index (χ0n) is 13.7. The van der Waals surface area contributed by atoms with E-state index in [2.05, 4.69) is 10.4 Å². The Morgan fingerprint density at radius 3 is 2.62 bits per heavy atom. The molecule has 0 unspecified atom stereocenters. The number of nitrogens with zero attached hydrogens (tertiary/aromatic N) is 2. The number of nitrogens with one attached hydrogen (secondary N) is 1. The van der Waals surface area contributed by atoms with Gasteiger partial charge in [-0.1, -0.05) is 17.7 Å². The van der Waals surface area contributed by atoms with Crippen LogP contribution in [0.1, 0.15) is 46.6 Å². The van der Waals surface area contributed by atoms with Crippen molar-refractivity contribution < 1.29 is 14.7 Å². The lowest BCUT2D eigenvalue weighted by molar-refractivity contribution is -0.136. The van der Waals surface area contributed by atoms with E-state index in [1.54, 1.807) is 0 Å². The first-order valence-corrected chi connectivity index (χ1v) is 8.24. The molecule has 0 saturated heterocycles. The van der Waals surface area contributed by atoms with Crippen LogP contribution in [0.3, 0.4) is 0 Å². The van der Waals surface area contributed by atoms with Crippen molar-refractivity contribution in [1.82, 2.24) is 15.1 Å². The molecule has 1 amide bonds. The van der Waals surface area contributed by atoms with Crippen LogP contribution in [0.2, 0.25) is 0 Å². The fraction of sp³-hybridized carbons (Fsp3) is 0.389. The quantitative estimate of drug-likeness (QED) is 0.882. The Hall–Kier alpha value is -2.63. The normalized spacial score (nSPS) is 13.4. The number of carboxylic acid groups (broad SMARTS) is 1. The van der Waals surface area contributed by atoms with Crippen molar-refractivity contribution >= 4 is 11.9 Å². The van der Waals surface area contributed by atoms with Crippen LogP contribution >= 0.6 is 0 Å². The summed E-state index contributed by atoms with van der Waals surface area (Å²) in [4.78, 5) is 23.0. The number of carbonyl (C=O) groups is 2. The van der Waals surface area contributed by atoms with Gasteiger partial charge in [0.05, 0.1) is 12.1 Å². The summed E-state index contributed by atoms with van der Waals surface area (Å²) in [7, 11) is 0. The number of aliphatic carboxylic acids is 1. The summed E-state index contributed by atoms with van der Waals surface area (Å²) in [6, 6.07) is 8.06. The van der Waals surface area contributed by atoms with E-state index in [1.807, 2.05) is 35.9 Å². The number of benzene rings is 1. The maximum absolute atomic E-state index is 12.4. The summed E-state index contributed by atoms with van der Waals surface area (Å²) >= 11 is 0. The zero-order valence-corrected chi connectivity index (χ0v) is 13.7. The Bertz CT molecular complexity index is 763. The third-order valence-corrected chi connectivity index (χ3v) is 4.30. The predicted molar refractivity (Wildman–Crippen MR) is 89.5 cm³/mol. The van der Waals surface area contributed by atoms with Gasteiger partial charge in [-0.25, -0.2) is 4.68 Å². The van der Waals surface area contributed by atoms with Crippen molar-refractivity contribution in [2.24, 2.45) is 0 Å². The fourth-order valence-corrected chi connectivity index (χ4v) is 3.05. The summed E-state index contributed by atoms with van der Waals surface area (Å²) in [5, 5.41) is 15.9. The van der Waals surface area contributed by atoms with E-state index in [0.717, 1.165) is 42.6 Å². The van der Waals surface area contributed by atoms with E-state index in [1.165, 1.54) is 5.56 Å². The summed E-state index contributed by atoms with van der Waals surface area (Å²) in [6.07, 6.45) is 3.78. The molecule has 1 aliphatic carbocycles. The topological polar surface area (TPSA) is 84.2 Å². The molecule has 0 atom stereocenters. The first-order valence-electron chi connectivity index (χ1n) is 8.24. The predicted octanol–water partition coefficient (Wildman–Crippen LogP) is 2.26. The largest absolute Gasteiger partial charge is 0.481 e. The highest BCUT2D eigenvalue weighted by atomic mass is 16.4.